The smallest absolute Gasteiger partial charge is 0.192 e. The second-order valence-corrected chi connectivity index (χ2v) is 7.20. The minimum Gasteiger partial charge on any atom is -0.370 e. The van der Waals surface area contributed by atoms with Crippen LogP contribution in [0, 0.1) is 5.41 Å². The van der Waals surface area contributed by atoms with E-state index in [9.17, 15) is 0 Å². The number of rotatable bonds is 8. The molecule has 0 unspecified atom stereocenters. The van der Waals surface area contributed by atoms with Gasteiger partial charge in [-0.1, -0.05) is 30.3 Å². The van der Waals surface area contributed by atoms with E-state index < -0.39 is 0 Å². The number of guanidine groups is 1. The quantitative estimate of drug-likeness (QED) is 0.207. The second kappa shape index (κ2) is 10.1. The number of anilines is 1. The summed E-state index contributed by atoms with van der Waals surface area (Å²) < 4.78 is 0. The van der Waals surface area contributed by atoms with E-state index in [1.807, 2.05) is 23.6 Å². The molecule has 2 rings (SSSR count). The Morgan fingerprint density at radius 2 is 2.08 bits per heavy atom. The maximum Gasteiger partial charge on any atom is 0.192 e. The van der Waals surface area contributed by atoms with Crippen LogP contribution in [0.3, 0.4) is 0 Å². The van der Waals surface area contributed by atoms with E-state index in [1.165, 1.54) is 16.9 Å². The highest BCUT2D eigenvalue weighted by Crippen LogP contribution is 2.18. The van der Waals surface area contributed by atoms with Crippen LogP contribution < -0.4 is 21.7 Å². The molecule has 24 heavy (non-hydrogen) atoms. The topological polar surface area (TPSA) is 98.9 Å². The zero-order chi connectivity index (χ0) is 17.2. The minimum atomic E-state index is -0.0933. The Bertz CT molecular complexity index is 658. The molecule has 0 aliphatic heterocycles. The van der Waals surface area contributed by atoms with Crippen LogP contribution in [-0.4, -0.2) is 28.4 Å². The predicted octanol–water partition coefficient (Wildman–Crippen LogP) is 2.35. The monoisotopic (exact) mass is 380 g/mol. The number of benzene rings is 1. The molecule has 0 aliphatic rings. The van der Waals surface area contributed by atoms with Gasteiger partial charge in [0.25, 0.3) is 0 Å². The molecule has 0 spiro atoms. The molecule has 0 fully saturated rings. The van der Waals surface area contributed by atoms with E-state index in [1.54, 1.807) is 11.8 Å². The fraction of sp³-hybridized carbons (Fsp3) is 0.267. The van der Waals surface area contributed by atoms with E-state index in [0.29, 0.717) is 10.2 Å². The van der Waals surface area contributed by atoms with Gasteiger partial charge in [0.1, 0.15) is 0 Å². The Kier molecular flexibility index (Phi) is 7.80. The number of thiazole rings is 1. The van der Waals surface area contributed by atoms with Crippen molar-refractivity contribution in [3.05, 3.63) is 47.0 Å². The van der Waals surface area contributed by atoms with Crippen LogP contribution in [0.5, 0.6) is 0 Å². The molecule has 0 radical (unpaired) electrons. The van der Waals surface area contributed by atoms with Gasteiger partial charge >= 0.3 is 0 Å². The lowest BCUT2D eigenvalue weighted by molar-refractivity contribution is 0.858. The highest BCUT2D eigenvalue weighted by molar-refractivity contribution is 7.98. The molecule has 1 aromatic carbocycles. The van der Waals surface area contributed by atoms with E-state index in [2.05, 4.69) is 33.1 Å². The molecule has 1 aromatic heterocycles. The van der Waals surface area contributed by atoms with Crippen LogP contribution in [0.25, 0.3) is 0 Å². The molecule has 1 heterocycles. The van der Waals surface area contributed by atoms with E-state index in [0.717, 1.165) is 30.3 Å². The average molecular weight is 381 g/mol. The van der Waals surface area contributed by atoms with Crippen LogP contribution in [0.4, 0.5) is 5.13 Å². The maximum atomic E-state index is 7.16. The largest absolute Gasteiger partial charge is 0.370 e. The van der Waals surface area contributed by atoms with Crippen LogP contribution in [0.2, 0.25) is 0 Å². The number of hydrogen-bond acceptors (Lipinski definition) is 5. The normalized spacial score (nSPS) is 10.2. The van der Waals surface area contributed by atoms with Crippen LogP contribution in [-0.2, 0) is 12.3 Å². The third kappa shape index (κ3) is 7.16. The van der Waals surface area contributed by atoms with Gasteiger partial charge in [-0.05, 0) is 17.8 Å². The molecule has 0 saturated heterocycles. The van der Waals surface area contributed by atoms with Crippen molar-refractivity contribution in [2.75, 3.05) is 17.6 Å². The summed E-state index contributed by atoms with van der Waals surface area (Å²) in [6, 6.07) is 10.2. The summed E-state index contributed by atoms with van der Waals surface area (Å²) in [6.07, 6.45) is 0. The molecule has 6 nitrogen and oxygen atoms in total. The summed E-state index contributed by atoms with van der Waals surface area (Å²) >= 11 is 8.48. The molecule has 6 N–H and O–H groups in total. The fourth-order valence-corrected chi connectivity index (χ4v) is 3.55. The molecule has 2 aromatic rings. The van der Waals surface area contributed by atoms with Gasteiger partial charge in [-0.2, -0.15) is 11.8 Å². The first-order chi connectivity index (χ1) is 11.6. The van der Waals surface area contributed by atoms with Gasteiger partial charge in [0.2, 0.25) is 0 Å². The van der Waals surface area contributed by atoms with Crippen molar-refractivity contribution in [1.29, 1.82) is 5.41 Å². The standard InChI is InChI=1S/C15H20N6S3/c16-13(17)21-15-20-12(10-24-15)9-23-7-6-18-14(22)19-8-11-4-2-1-3-5-11/h1-5,10H,6-9H2,(H2,18,19,22)(H4,16,17,20,21). The average Bonchev–Trinajstić information content (AvgIpc) is 3.00. The van der Waals surface area contributed by atoms with E-state index in [4.69, 9.17) is 23.4 Å². The first-order valence-corrected chi connectivity index (χ1v) is 9.76. The third-order valence-corrected chi connectivity index (χ3v) is 4.96. The lowest BCUT2D eigenvalue weighted by atomic mass is 10.2. The number of nitrogens with zero attached hydrogens (tertiary/aromatic N) is 1. The molecule has 0 atom stereocenters. The van der Waals surface area contributed by atoms with Gasteiger partial charge in [-0.25, -0.2) is 4.98 Å². The number of hydrogen-bond donors (Lipinski definition) is 5. The van der Waals surface area contributed by atoms with Crippen LogP contribution in [0.15, 0.2) is 35.7 Å². The zero-order valence-electron chi connectivity index (χ0n) is 13.0. The van der Waals surface area contributed by atoms with Gasteiger partial charge in [-0.3, -0.25) is 5.41 Å². The summed E-state index contributed by atoms with van der Waals surface area (Å²) in [5.74, 6) is 1.66. The maximum absolute atomic E-state index is 7.16. The van der Waals surface area contributed by atoms with E-state index in [-0.39, 0.29) is 5.96 Å². The highest BCUT2D eigenvalue weighted by Gasteiger charge is 2.03. The Labute approximate surface area is 155 Å². The Hall–Kier alpha value is -1.84. The van der Waals surface area contributed by atoms with Crippen molar-refractivity contribution in [2.45, 2.75) is 12.3 Å². The third-order valence-electron chi connectivity index (χ3n) is 2.87. The molecular weight excluding hydrogens is 360 g/mol. The summed E-state index contributed by atoms with van der Waals surface area (Å²) in [5, 5.41) is 19.5. The molecule has 0 bridgehead atoms. The molecule has 0 saturated carbocycles. The number of aromatic nitrogens is 1. The minimum absolute atomic E-state index is 0.0933. The summed E-state index contributed by atoms with van der Waals surface area (Å²) in [4.78, 5) is 4.35. The summed E-state index contributed by atoms with van der Waals surface area (Å²) in [6.45, 7) is 1.53. The van der Waals surface area contributed by atoms with Gasteiger partial charge in [0.05, 0.1) is 5.69 Å². The van der Waals surface area contributed by atoms with Crippen molar-refractivity contribution in [3.63, 3.8) is 0 Å². The Morgan fingerprint density at radius 3 is 2.83 bits per heavy atom. The molecule has 0 amide bonds. The summed E-state index contributed by atoms with van der Waals surface area (Å²) in [5.41, 5.74) is 7.46. The zero-order valence-corrected chi connectivity index (χ0v) is 15.5. The van der Waals surface area contributed by atoms with Crippen molar-refractivity contribution in [2.24, 2.45) is 5.73 Å². The molecule has 128 valence electrons. The SMILES string of the molecule is N=C(N)Nc1nc(CSCCNC(=S)NCc2ccccc2)cs1. The lowest BCUT2D eigenvalue weighted by Crippen LogP contribution is -2.36. The fourth-order valence-electron chi connectivity index (χ4n) is 1.80. The second-order valence-electron chi connectivity index (χ2n) is 4.83. The van der Waals surface area contributed by atoms with Gasteiger partial charge in [-0.15, -0.1) is 11.3 Å². The summed E-state index contributed by atoms with van der Waals surface area (Å²) in [7, 11) is 0. The predicted molar refractivity (Wildman–Crippen MR) is 108 cm³/mol. The van der Waals surface area contributed by atoms with Gasteiger partial charge < -0.3 is 21.7 Å². The number of nitrogens with two attached hydrogens (primary N) is 1. The molecule has 0 aliphatic carbocycles. The van der Waals surface area contributed by atoms with Crippen molar-refractivity contribution in [3.8, 4) is 0 Å². The van der Waals surface area contributed by atoms with Crippen molar-refractivity contribution in [1.82, 2.24) is 15.6 Å². The van der Waals surface area contributed by atoms with Gasteiger partial charge in [0, 0.05) is 30.0 Å². The Morgan fingerprint density at radius 1 is 1.29 bits per heavy atom. The lowest BCUT2D eigenvalue weighted by Gasteiger charge is -2.10. The number of nitrogens with one attached hydrogen (secondary N) is 4. The van der Waals surface area contributed by atoms with Crippen molar-refractivity contribution >= 4 is 51.5 Å². The van der Waals surface area contributed by atoms with Crippen LogP contribution in [0.1, 0.15) is 11.3 Å². The first kappa shape index (κ1) is 18.5. The highest BCUT2D eigenvalue weighted by atomic mass is 32.2. The first-order valence-electron chi connectivity index (χ1n) is 7.32. The Balaban J connectivity index is 1.55. The molecule has 9 heteroatoms. The van der Waals surface area contributed by atoms with Crippen molar-refractivity contribution < 1.29 is 0 Å². The van der Waals surface area contributed by atoms with E-state index >= 15 is 0 Å². The van der Waals surface area contributed by atoms with Gasteiger partial charge in [0.15, 0.2) is 16.2 Å². The molecular formula is C15H20N6S3. The number of thiocarbonyl (C=S) groups is 1. The van der Waals surface area contributed by atoms with Crippen LogP contribution >= 0.6 is 35.3 Å². The number of thioether (sulfide) groups is 1.